The van der Waals surface area contributed by atoms with Gasteiger partial charge in [-0.25, -0.2) is 4.39 Å². The van der Waals surface area contributed by atoms with Gasteiger partial charge in [-0.1, -0.05) is 34.8 Å². The highest BCUT2D eigenvalue weighted by molar-refractivity contribution is 9.10. The summed E-state index contributed by atoms with van der Waals surface area (Å²) in [6.45, 7) is 0.903. The number of halogens is 2. The average molecular weight is 302 g/mol. The van der Waals surface area contributed by atoms with Crippen LogP contribution in [-0.4, -0.2) is 17.7 Å². The van der Waals surface area contributed by atoms with Gasteiger partial charge >= 0.3 is 0 Å². The van der Waals surface area contributed by atoms with Crippen LogP contribution in [-0.2, 0) is 0 Å². The van der Waals surface area contributed by atoms with Crippen LogP contribution in [0, 0.1) is 5.82 Å². The second kappa shape index (κ2) is 5.94. The molecule has 0 radical (unpaired) electrons. The maximum Gasteiger partial charge on any atom is 0.130 e. The summed E-state index contributed by atoms with van der Waals surface area (Å²) >= 11 is 3.22. The van der Waals surface area contributed by atoms with E-state index in [0.29, 0.717) is 10.0 Å². The first-order valence-corrected chi connectivity index (χ1v) is 6.84. The second-order valence-electron chi connectivity index (χ2n) is 4.52. The van der Waals surface area contributed by atoms with Crippen LogP contribution in [0.3, 0.4) is 0 Å². The Morgan fingerprint density at radius 1 is 1.35 bits per heavy atom. The van der Waals surface area contributed by atoms with Crippen LogP contribution in [0.1, 0.15) is 37.4 Å². The molecule has 1 aromatic carbocycles. The summed E-state index contributed by atoms with van der Waals surface area (Å²) in [5, 5.41) is 13.5. The summed E-state index contributed by atoms with van der Waals surface area (Å²) in [6.07, 6.45) is 3.54. The van der Waals surface area contributed by atoms with Crippen molar-refractivity contribution in [1.29, 1.82) is 0 Å². The average Bonchev–Trinajstić information content (AvgIpc) is 2.56. The molecule has 0 aromatic heterocycles. The van der Waals surface area contributed by atoms with Gasteiger partial charge in [-0.3, -0.25) is 0 Å². The topological polar surface area (TPSA) is 32.3 Å². The van der Waals surface area contributed by atoms with Crippen molar-refractivity contribution in [3.05, 3.63) is 34.1 Å². The molecular formula is C13H17BrFNO. The van der Waals surface area contributed by atoms with Gasteiger partial charge in [0, 0.05) is 16.1 Å². The Bertz CT molecular complexity index is 378. The van der Waals surface area contributed by atoms with Crippen LogP contribution >= 0.6 is 15.9 Å². The van der Waals surface area contributed by atoms with Crippen LogP contribution in [0.5, 0.6) is 0 Å². The molecule has 1 saturated heterocycles. The van der Waals surface area contributed by atoms with E-state index in [1.807, 2.05) is 0 Å². The van der Waals surface area contributed by atoms with Crippen molar-refractivity contribution in [3.8, 4) is 0 Å². The molecule has 2 nitrogen and oxygen atoms in total. The molecule has 1 fully saturated rings. The molecule has 2 N–H and O–H groups in total. The van der Waals surface area contributed by atoms with Crippen molar-refractivity contribution < 1.29 is 9.50 Å². The van der Waals surface area contributed by atoms with E-state index in [9.17, 15) is 9.50 Å². The lowest BCUT2D eigenvalue weighted by molar-refractivity contribution is 0.122. The Labute approximate surface area is 109 Å². The molecule has 1 aromatic rings. The van der Waals surface area contributed by atoms with Crippen molar-refractivity contribution >= 4 is 15.9 Å². The van der Waals surface area contributed by atoms with E-state index in [1.165, 1.54) is 12.5 Å². The monoisotopic (exact) mass is 301 g/mol. The summed E-state index contributed by atoms with van der Waals surface area (Å²) < 4.78 is 14.4. The minimum absolute atomic E-state index is 0.0341. The summed E-state index contributed by atoms with van der Waals surface area (Å²) in [5.41, 5.74) is 0.382. The third kappa shape index (κ3) is 3.27. The lowest BCUT2D eigenvalue weighted by atomic mass is 9.98. The molecule has 1 aliphatic heterocycles. The van der Waals surface area contributed by atoms with Crippen LogP contribution in [0.25, 0.3) is 0 Å². The van der Waals surface area contributed by atoms with Gasteiger partial charge in [0.05, 0.1) is 6.10 Å². The van der Waals surface area contributed by atoms with Crippen molar-refractivity contribution in [1.82, 2.24) is 5.32 Å². The first-order valence-electron chi connectivity index (χ1n) is 6.05. The van der Waals surface area contributed by atoms with Gasteiger partial charge in [0.15, 0.2) is 0 Å². The van der Waals surface area contributed by atoms with Gasteiger partial charge in [-0.15, -0.1) is 0 Å². The molecule has 0 amide bonds. The number of rotatable bonds is 2. The molecule has 4 heteroatoms. The Balaban J connectivity index is 2.14. The smallest absolute Gasteiger partial charge is 0.130 e. The molecule has 0 spiro atoms. The molecular weight excluding hydrogens is 285 g/mol. The standard InChI is InChI=1S/C13H17BrFNO/c14-9-5-6-10(11(15)8-9)13(17)12-4-2-1-3-7-16-12/h5-6,8,12-13,16-17H,1-4,7H2. The van der Waals surface area contributed by atoms with Gasteiger partial charge in [0.25, 0.3) is 0 Å². The highest BCUT2D eigenvalue weighted by Gasteiger charge is 2.24. The minimum atomic E-state index is -0.763. The Kier molecular flexibility index (Phi) is 4.54. The summed E-state index contributed by atoms with van der Waals surface area (Å²) in [4.78, 5) is 0. The Morgan fingerprint density at radius 3 is 2.94 bits per heavy atom. The van der Waals surface area contributed by atoms with Crippen LogP contribution < -0.4 is 5.32 Å². The van der Waals surface area contributed by atoms with Gasteiger partial charge in [0.2, 0.25) is 0 Å². The molecule has 1 heterocycles. The Morgan fingerprint density at radius 2 is 2.18 bits per heavy atom. The number of hydrogen-bond acceptors (Lipinski definition) is 2. The lowest BCUT2D eigenvalue weighted by Gasteiger charge is -2.23. The van der Waals surface area contributed by atoms with Crippen molar-refractivity contribution in [2.45, 2.75) is 37.8 Å². The predicted molar refractivity (Wildman–Crippen MR) is 69.3 cm³/mol. The first-order chi connectivity index (χ1) is 8.18. The fourth-order valence-corrected chi connectivity index (χ4v) is 2.62. The zero-order valence-electron chi connectivity index (χ0n) is 9.63. The molecule has 94 valence electrons. The normalized spacial score (nSPS) is 23.1. The quantitative estimate of drug-likeness (QED) is 0.879. The van der Waals surface area contributed by atoms with Crippen molar-refractivity contribution in [2.75, 3.05) is 6.54 Å². The largest absolute Gasteiger partial charge is 0.387 e. The minimum Gasteiger partial charge on any atom is -0.387 e. The van der Waals surface area contributed by atoms with E-state index in [1.54, 1.807) is 12.1 Å². The van der Waals surface area contributed by atoms with E-state index < -0.39 is 6.10 Å². The van der Waals surface area contributed by atoms with Gasteiger partial charge in [-0.2, -0.15) is 0 Å². The molecule has 2 rings (SSSR count). The van der Waals surface area contributed by atoms with E-state index in [4.69, 9.17) is 0 Å². The van der Waals surface area contributed by atoms with Crippen LogP contribution in [0.2, 0.25) is 0 Å². The van der Waals surface area contributed by atoms with Gasteiger partial charge in [0.1, 0.15) is 5.82 Å². The van der Waals surface area contributed by atoms with E-state index in [2.05, 4.69) is 21.2 Å². The first kappa shape index (κ1) is 13.0. The molecule has 17 heavy (non-hydrogen) atoms. The van der Waals surface area contributed by atoms with Gasteiger partial charge < -0.3 is 10.4 Å². The van der Waals surface area contributed by atoms with Crippen molar-refractivity contribution in [3.63, 3.8) is 0 Å². The highest BCUT2D eigenvalue weighted by atomic mass is 79.9. The van der Waals surface area contributed by atoms with Crippen LogP contribution in [0.4, 0.5) is 4.39 Å². The molecule has 0 bridgehead atoms. The lowest BCUT2D eigenvalue weighted by Crippen LogP contribution is -2.34. The third-order valence-electron chi connectivity index (χ3n) is 3.26. The number of benzene rings is 1. The number of hydrogen-bond donors (Lipinski definition) is 2. The zero-order valence-corrected chi connectivity index (χ0v) is 11.2. The summed E-state index contributed by atoms with van der Waals surface area (Å²) in [6, 6.07) is 4.78. The summed E-state index contributed by atoms with van der Waals surface area (Å²) in [7, 11) is 0. The van der Waals surface area contributed by atoms with Gasteiger partial charge in [-0.05, 0) is 31.5 Å². The van der Waals surface area contributed by atoms with E-state index in [-0.39, 0.29) is 11.9 Å². The molecule has 2 atom stereocenters. The highest BCUT2D eigenvalue weighted by Crippen LogP contribution is 2.26. The Hall–Kier alpha value is -0.450. The maximum atomic E-state index is 13.7. The van der Waals surface area contributed by atoms with Crippen LogP contribution in [0.15, 0.2) is 22.7 Å². The zero-order chi connectivity index (χ0) is 12.3. The molecule has 0 saturated carbocycles. The summed E-state index contributed by atoms with van der Waals surface area (Å²) in [5.74, 6) is -0.349. The molecule has 2 unspecified atom stereocenters. The van der Waals surface area contributed by atoms with E-state index >= 15 is 0 Å². The fraction of sp³-hybridized carbons (Fsp3) is 0.538. The third-order valence-corrected chi connectivity index (χ3v) is 3.75. The molecule has 0 aliphatic carbocycles. The van der Waals surface area contributed by atoms with Crippen molar-refractivity contribution in [2.24, 2.45) is 0 Å². The molecule has 1 aliphatic rings. The fourth-order valence-electron chi connectivity index (χ4n) is 2.28. The number of nitrogens with one attached hydrogen (secondary N) is 1. The predicted octanol–water partition coefficient (Wildman–Crippen LogP) is 3.15. The second-order valence-corrected chi connectivity index (χ2v) is 5.44. The number of aliphatic hydroxyl groups is 1. The van der Waals surface area contributed by atoms with E-state index in [0.717, 1.165) is 25.8 Å². The number of aliphatic hydroxyl groups excluding tert-OH is 1. The SMILES string of the molecule is OC(c1ccc(Br)cc1F)C1CCCCCN1. The maximum absolute atomic E-state index is 13.7.